The molecule has 1 aliphatic rings. The molecule has 3 nitrogen and oxygen atoms in total. The molecular weight excluding hydrogens is 176 g/mol. The third-order valence-electron chi connectivity index (χ3n) is 2.77. The Labute approximate surface area is 83.1 Å². The van der Waals surface area contributed by atoms with Gasteiger partial charge in [0.1, 0.15) is 0 Å². The van der Waals surface area contributed by atoms with Gasteiger partial charge in [-0.25, -0.2) is 0 Å². The van der Waals surface area contributed by atoms with Crippen molar-refractivity contribution >= 4 is 5.91 Å². The molecule has 1 unspecified atom stereocenters. The normalized spacial score (nSPS) is 24.6. The van der Waals surface area contributed by atoms with Gasteiger partial charge in [-0.05, 0) is 23.5 Å². The lowest BCUT2D eigenvalue weighted by molar-refractivity contribution is -0.119. The number of carbonyl (C=O) groups is 1. The first-order valence-electron chi connectivity index (χ1n) is 4.80. The molecule has 0 aromatic heterocycles. The van der Waals surface area contributed by atoms with Crippen LogP contribution in [0.4, 0.5) is 0 Å². The maximum absolute atomic E-state index is 10.9. The summed E-state index contributed by atoms with van der Waals surface area (Å²) in [5.74, 6) is 0.190. The SMILES string of the molecule is NCc1cccc(C2C[C@@H]2C(N)=O)c1. The fourth-order valence-electron chi connectivity index (χ4n) is 1.83. The van der Waals surface area contributed by atoms with Gasteiger partial charge in [-0.3, -0.25) is 4.79 Å². The topological polar surface area (TPSA) is 69.1 Å². The molecule has 1 aromatic carbocycles. The summed E-state index contributed by atoms with van der Waals surface area (Å²) in [6, 6.07) is 8.07. The first-order chi connectivity index (χ1) is 6.72. The fraction of sp³-hybridized carbons (Fsp3) is 0.364. The lowest BCUT2D eigenvalue weighted by Gasteiger charge is -2.01. The van der Waals surface area contributed by atoms with Gasteiger partial charge in [0.05, 0.1) is 0 Å². The van der Waals surface area contributed by atoms with Gasteiger partial charge >= 0.3 is 0 Å². The summed E-state index contributed by atoms with van der Waals surface area (Å²) in [4.78, 5) is 10.9. The van der Waals surface area contributed by atoms with Gasteiger partial charge < -0.3 is 11.5 Å². The minimum Gasteiger partial charge on any atom is -0.369 e. The second-order valence-corrected chi connectivity index (χ2v) is 3.80. The van der Waals surface area contributed by atoms with E-state index in [0.717, 1.165) is 12.0 Å². The van der Waals surface area contributed by atoms with Gasteiger partial charge in [0.2, 0.25) is 5.91 Å². The van der Waals surface area contributed by atoms with Gasteiger partial charge in [-0.15, -0.1) is 0 Å². The Balaban J connectivity index is 2.15. The van der Waals surface area contributed by atoms with Crippen molar-refractivity contribution in [3.8, 4) is 0 Å². The highest BCUT2D eigenvalue weighted by atomic mass is 16.1. The second-order valence-electron chi connectivity index (χ2n) is 3.80. The summed E-state index contributed by atoms with van der Waals surface area (Å²) in [6.07, 6.45) is 0.892. The molecule has 4 N–H and O–H groups in total. The minimum atomic E-state index is -0.187. The Bertz CT molecular complexity index is 362. The maximum Gasteiger partial charge on any atom is 0.221 e. The highest BCUT2D eigenvalue weighted by Crippen LogP contribution is 2.47. The van der Waals surface area contributed by atoms with Gasteiger partial charge in [-0.2, -0.15) is 0 Å². The molecule has 0 saturated heterocycles. The third-order valence-corrected chi connectivity index (χ3v) is 2.77. The Kier molecular flexibility index (Phi) is 2.25. The van der Waals surface area contributed by atoms with Gasteiger partial charge in [0.15, 0.2) is 0 Å². The van der Waals surface area contributed by atoms with Crippen LogP contribution in [0.2, 0.25) is 0 Å². The van der Waals surface area contributed by atoms with Crippen LogP contribution in [0, 0.1) is 5.92 Å². The molecule has 1 fully saturated rings. The van der Waals surface area contributed by atoms with Crippen LogP contribution in [0.5, 0.6) is 0 Å². The zero-order valence-corrected chi connectivity index (χ0v) is 7.94. The maximum atomic E-state index is 10.9. The van der Waals surface area contributed by atoms with Crippen molar-refractivity contribution in [1.29, 1.82) is 0 Å². The van der Waals surface area contributed by atoms with Crippen molar-refractivity contribution in [2.45, 2.75) is 18.9 Å². The largest absolute Gasteiger partial charge is 0.369 e. The molecule has 2 rings (SSSR count). The van der Waals surface area contributed by atoms with Crippen molar-refractivity contribution in [2.75, 3.05) is 0 Å². The van der Waals surface area contributed by atoms with E-state index in [1.165, 1.54) is 5.56 Å². The minimum absolute atomic E-state index is 0.0445. The van der Waals surface area contributed by atoms with Crippen LogP contribution in [-0.2, 0) is 11.3 Å². The van der Waals surface area contributed by atoms with E-state index in [4.69, 9.17) is 11.5 Å². The van der Waals surface area contributed by atoms with E-state index in [2.05, 4.69) is 6.07 Å². The Morgan fingerprint density at radius 2 is 2.29 bits per heavy atom. The van der Waals surface area contributed by atoms with Crippen molar-refractivity contribution < 1.29 is 4.79 Å². The monoisotopic (exact) mass is 190 g/mol. The number of amides is 1. The van der Waals surface area contributed by atoms with Crippen molar-refractivity contribution in [2.24, 2.45) is 17.4 Å². The molecule has 2 atom stereocenters. The molecule has 0 radical (unpaired) electrons. The quantitative estimate of drug-likeness (QED) is 0.737. The summed E-state index contributed by atoms with van der Waals surface area (Å²) in [5, 5.41) is 0. The van der Waals surface area contributed by atoms with E-state index in [9.17, 15) is 4.79 Å². The summed E-state index contributed by atoms with van der Waals surface area (Å²) in [5.41, 5.74) is 13.1. The van der Waals surface area contributed by atoms with Crippen LogP contribution in [-0.4, -0.2) is 5.91 Å². The summed E-state index contributed by atoms with van der Waals surface area (Å²) < 4.78 is 0. The van der Waals surface area contributed by atoms with Crippen LogP contribution in [0.1, 0.15) is 23.5 Å². The number of hydrogen-bond donors (Lipinski definition) is 2. The van der Waals surface area contributed by atoms with Crippen LogP contribution in [0.15, 0.2) is 24.3 Å². The van der Waals surface area contributed by atoms with Gasteiger partial charge in [0.25, 0.3) is 0 Å². The zero-order chi connectivity index (χ0) is 10.1. The second kappa shape index (κ2) is 3.42. The lowest BCUT2D eigenvalue weighted by atomic mass is 10.1. The number of nitrogens with two attached hydrogens (primary N) is 2. The molecule has 1 amide bonds. The van der Waals surface area contributed by atoms with Gasteiger partial charge in [0, 0.05) is 12.5 Å². The smallest absolute Gasteiger partial charge is 0.221 e. The molecule has 0 spiro atoms. The molecule has 1 aromatic rings. The Morgan fingerprint density at radius 3 is 2.86 bits per heavy atom. The molecule has 0 heterocycles. The average Bonchev–Trinajstić information content (AvgIpc) is 2.97. The standard InChI is InChI=1S/C11H14N2O/c12-6-7-2-1-3-8(4-7)9-5-10(9)11(13)14/h1-4,9-10H,5-6,12H2,(H2,13,14)/t9?,10-/m0/s1. The van der Waals surface area contributed by atoms with E-state index >= 15 is 0 Å². The first-order valence-corrected chi connectivity index (χ1v) is 4.80. The summed E-state index contributed by atoms with van der Waals surface area (Å²) >= 11 is 0. The predicted octanol–water partition coefficient (Wildman–Crippen LogP) is 0.734. The molecular formula is C11H14N2O. The Hall–Kier alpha value is -1.35. The van der Waals surface area contributed by atoms with Crippen molar-refractivity contribution in [1.82, 2.24) is 0 Å². The predicted molar refractivity (Wildman–Crippen MR) is 54.4 cm³/mol. The van der Waals surface area contributed by atoms with Gasteiger partial charge in [-0.1, -0.05) is 24.3 Å². The first kappa shape index (κ1) is 9.21. The van der Waals surface area contributed by atoms with Crippen molar-refractivity contribution in [3.63, 3.8) is 0 Å². The number of hydrogen-bond acceptors (Lipinski definition) is 2. The summed E-state index contributed by atoms with van der Waals surface area (Å²) in [7, 11) is 0. The van der Waals surface area contributed by atoms with E-state index in [1.54, 1.807) is 0 Å². The molecule has 0 bridgehead atoms. The summed E-state index contributed by atoms with van der Waals surface area (Å²) in [6.45, 7) is 0.543. The van der Waals surface area contributed by atoms with E-state index in [1.807, 2.05) is 18.2 Å². The molecule has 3 heteroatoms. The highest BCUT2D eigenvalue weighted by Gasteiger charge is 2.42. The van der Waals surface area contributed by atoms with Crippen LogP contribution in [0.3, 0.4) is 0 Å². The molecule has 1 aliphatic carbocycles. The zero-order valence-electron chi connectivity index (χ0n) is 7.94. The van der Waals surface area contributed by atoms with Crippen molar-refractivity contribution in [3.05, 3.63) is 35.4 Å². The molecule has 0 aliphatic heterocycles. The lowest BCUT2D eigenvalue weighted by Crippen LogP contribution is -2.13. The van der Waals surface area contributed by atoms with Crippen LogP contribution < -0.4 is 11.5 Å². The Morgan fingerprint density at radius 1 is 1.50 bits per heavy atom. The van der Waals surface area contributed by atoms with E-state index < -0.39 is 0 Å². The average molecular weight is 190 g/mol. The van der Waals surface area contributed by atoms with Crippen LogP contribution >= 0.6 is 0 Å². The molecule has 1 saturated carbocycles. The fourth-order valence-corrected chi connectivity index (χ4v) is 1.83. The number of carbonyl (C=O) groups excluding carboxylic acids is 1. The van der Waals surface area contributed by atoms with Crippen LogP contribution in [0.25, 0.3) is 0 Å². The molecule has 74 valence electrons. The highest BCUT2D eigenvalue weighted by molar-refractivity contribution is 5.81. The van der Waals surface area contributed by atoms with E-state index in [0.29, 0.717) is 12.5 Å². The molecule has 14 heavy (non-hydrogen) atoms. The number of benzene rings is 1. The number of primary amides is 1. The van der Waals surface area contributed by atoms with E-state index in [-0.39, 0.29) is 11.8 Å². The number of rotatable bonds is 3. The third kappa shape index (κ3) is 1.63.